The molecule has 1 aromatic carbocycles. The standard InChI is InChI=1S/C18H29NO/c1-13(2)16-8-7-15(18(4,5)6)11-17(16)19-9-10-20-14(3)12-19/h7-8,11,13-14H,9-10,12H2,1-6H3. The fourth-order valence-electron chi connectivity index (χ4n) is 2.81. The first-order valence-corrected chi connectivity index (χ1v) is 7.80. The fraction of sp³-hybridized carbons (Fsp3) is 0.667. The second-order valence-corrected chi connectivity index (χ2v) is 7.31. The van der Waals surface area contributed by atoms with Crippen LogP contribution in [0.4, 0.5) is 5.69 Å². The van der Waals surface area contributed by atoms with Gasteiger partial charge in [0, 0.05) is 18.8 Å². The monoisotopic (exact) mass is 275 g/mol. The largest absolute Gasteiger partial charge is 0.375 e. The number of morpholine rings is 1. The van der Waals surface area contributed by atoms with Crippen molar-refractivity contribution >= 4 is 5.69 Å². The molecule has 0 spiro atoms. The molecule has 2 rings (SSSR count). The maximum Gasteiger partial charge on any atom is 0.0722 e. The SMILES string of the molecule is CC1CN(c2cc(C(C)(C)C)ccc2C(C)C)CCO1. The van der Waals surface area contributed by atoms with Crippen molar-refractivity contribution in [2.24, 2.45) is 0 Å². The highest BCUT2D eigenvalue weighted by atomic mass is 16.5. The number of rotatable bonds is 2. The quantitative estimate of drug-likeness (QED) is 0.796. The Morgan fingerprint density at radius 1 is 1.25 bits per heavy atom. The molecule has 0 saturated carbocycles. The first kappa shape index (κ1) is 15.4. The third kappa shape index (κ3) is 3.35. The summed E-state index contributed by atoms with van der Waals surface area (Å²) in [5.74, 6) is 0.553. The average Bonchev–Trinajstić information content (AvgIpc) is 2.37. The van der Waals surface area contributed by atoms with E-state index in [0.29, 0.717) is 12.0 Å². The van der Waals surface area contributed by atoms with Crippen LogP contribution in [0.3, 0.4) is 0 Å². The Balaban J connectivity index is 2.41. The molecule has 0 amide bonds. The van der Waals surface area contributed by atoms with Gasteiger partial charge in [0.2, 0.25) is 0 Å². The van der Waals surface area contributed by atoms with Crippen molar-refractivity contribution in [1.29, 1.82) is 0 Å². The average molecular weight is 275 g/mol. The van der Waals surface area contributed by atoms with E-state index in [1.807, 2.05) is 0 Å². The molecule has 1 fully saturated rings. The van der Waals surface area contributed by atoms with E-state index in [4.69, 9.17) is 4.74 Å². The summed E-state index contributed by atoms with van der Waals surface area (Å²) in [6, 6.07) is 7.01. The van der Waals surface area contributed by atoms with Crippen LogP contribution in [0, 0.1) is 0 Å². The second kappa shape index (κ2) is 5.77. The first-order valence-electron chi connectivity index (χ1n) is 7.80. The molecular formula is C18H29NO. The van der Waals surface area contributed by atoms with Crippen LogP contribution in [0.25, 0.3) is 0 Å². The zero-order valence-electron chi connectivity index (χ0n) is 13.9. The van der Waals surface area contributed by atoms with Crippen molar-refractivity contribution in [3.8, 4) is 0 Å². The molecule has 112 valence electrons. The van der Waals surface area contributed by atoms with Crippen molar-refractivity contribution in [2.75, 3.05) is 24.6 Å². The van der Waals surface area contributed by atoms with Crippen molar-refractivity contribution in [3.05, 3.63) is 29.3 Å². The van der Waals surface area contributed by atoms with Gasteiger partial charge in [-0.3, -0.25) is 0 Å². The van der Waals surface area contributed by atoms with Crippen LogP contribution in [0.1, 0.15) is 58.6 Å². The van der Waals surface area contributed by atoms with Crippen molar-refractivity contribution in [3.63, 3.8) is 0 Å². The van der Waals surface area contributed by atoms with Crippen LogP contribution in [-0.4, -0.2) is 25.8 Å². The highest BCUT2D eigenvalue weighted by Crippen LogP contribution is 2.33. The van der Waals surface area contributed by atoms with Gasteiger partial charge in [0.05, 0.1) is 12.7 Å². The number of ether oxygens (including phenoxy) is 1. The van der Waals surface area contributed by atoms with E-state index < -0.39 is 0 Å². The summed E-state index contributed by atoms with van der Waals surface area (Å²) < 4.78 is 5.69. The Hall–Kier alpha value is -1.02. The van der Waals surface area contributed by atoms with Crippen molar-refractivity contribution in [2.45, 2.75) is 59.0 Å². The number of nitrogens with zero attached hydrogens (tertiary/aromatic N) is 1. The van der Waals surface area contributed by atoms with Gasteiger partial charge < -0.3 is 9.64 Å². The van der Waals surface area contributed by atoms with Crippen LogP contribution in [-0.2, 0) is 10.2 Å². The Labute approximate surface area is 124 Å². The third-order valence-corrected chi connectivity index (χ3v) is 4.10. The maximum absolute atomic E-state index is 5.69. The van der Waals surface area contributed by atoms with Gasteiger partial charge in [-0.15, -0.1) is 0 Å². The minimum Gasteiger partial charge on any atom is -0.375 e. The van der Waals surface area contributed by atoms with Crippen LogP contribution >= 0.6 is 0 Å². The Morgan fingerprint density at radius 3 is 2.50 bits per heavy atom. The molecule has 1 aromatic rings. The van der Waals surface area contributed by atoms with Crippen LogP contribution in [0.2, 0.25) is 0 Å². The highest BCUT2D eigenvalue weighted by molar-refractivity contribution is 5.58. The van der Waals surface area contributed by atoms with Gasteiger partial charge in [-0.25, -0.2) is 0 Å². The number of benzene rings is 1. The molecule has 1 saturated heterocycles. The molecule has 1 heterocycles. The molecule has 2 nitrogen and oxygen atoms in total. The lowest BCUT2D eigenvalue weighted by molar-refractivity contribution is 0.0531. The fourth-order valence-corrected chi connectivity index (χ4v) is 2.81. The summed E-state index contributed by atoms with van der Waals surface area (Å²) in [7, 11) is 0. The van der Waals surface area contributed by atoms with Crippen molar-refractivity contribution < 1.29 is 4.74 Å². The van der Waals surface area contributed by atoms with Gasteiger partial charge in [0.1, 0.15) is 0 Å². The lowest BCUT2D eigenvalue weighted by atomic mass is 9.85. The number of anilines is 1. The van der Waals surface area contributed by atoms with Gasteiger partial charge in [-0.05, 0) is 35.4 Å². The van der Waals surface area contributed by atoms with Gasteiger partial charge in [-0.1, -0.05) is 46.8 Å². The predicted octanol–water partition coefficient (Wildman–Crippen LogP) is 4.33. The number of hydrogen-bond donors (Lipinski definition) is 0. The van der Waals surface area contributed by atoms with E-state index in [2.05, 4.69) is 64.6 Å². The lowest BCUT2D eigenvalue weighted by Crippen LogP contribution is -2.41. The molecule has 2 heteroatoms. The molecule has 1 aliphatic heterocycles. The van der Waals surface area contributed by atoms with E-state index in [9.17, 15) is 0 Å². The molecule has 0 N–H and O–H groups in total. The molecule has 1 unspecified atom stereocenters. The summed E-state index contributed by atoms with van der Waals surface area (Å²) in [6.45, 7) is 16.4. The molecule has 0 aromatic heterocycles. The maximum atomic E-state index is 5.69. The zero-order valence-corrected chi connectivity index (χ0v) is 13.9. The zero-order chi connectivity index (χ0) is 14.9. The summed E-state index contributed by atoms with van der Waals surface area (Å²) in [6.07, 6.45) is 0.321. The number of hydrogen-bond acceptors (Lipinski definition) is 2. The van der Waals surface area contributed by atoms with Crippen molar-refractivity contribution in [1.82, 2.24) is 0 Å². The molecule has 1 aliphatic rings. The minimum absolute atomic E-state index is 0.197. The van der Waals surface area contributed by atoms with E-state index in [1.165, 1.54) is 16.8 Å². The first-order chi connectivity index (χ1) is 9.29. The van der Waals surface area contributed by atoms with Crippen LogP contribution < -0.4 is 4.90 Å². The summed E-state index contributed by atoms with van der Waals surface area (Å²) in [4.78, 5) is 2.50. The van der Waals surface area contributed by atoms with Crippen LogP contribution in [0.5, 0.6) is 0 Å². The Bertz CT molecular complexity index is 459. The molecular weight excluding hydrogens is 246 g/mol. The predicted molar refractivity (Wildman–Crippen MR) is 86.9 cm³/mol. The van der Waals surface area contributed by atoms with Crippen LogP contribution in [0.15, 0.2) is 18.2 Å². The normalized spacial score (nSPS) is 20.6. The van der Waals surface area contributed by atoms with E-state index >= 15 is 0 Å². The summed E-state index contributed by atoms with van der Waals surface area (Å²) >= 11 is 0. The van der Waals surface area contributed by atoms with E-state index in [-0.39, 0.29) is 5.41 Å². The van der Waals surface area contributed by atoms with Gasteiger partial charge in [0.25, 0.3) is 0 Å². The second-order valence-electron chi connectivity index (χ2n) is 7.31. The van der Waals surface area contributed by atoms with Gasteiger partial charge in [0.15, 0.2) is 0 Å². The Morgan fingerprint density at radius 2 is 1.95 bits per heavy atom. The smallest absolute Gasteiger partial charge is 0.0722 e. The molecule has 1 atom stereocenters. The van der Waals surface area contributed by atoms with Gasteiger partial charge in [-0.2, -0.15) is 0 Å². The molecule has 20 heavy (non-hydrogen) atoms. The lowest BCUT2D eigenvalue weighted by Gasteiger charge is -2.36. The summed E-state index contributed by atoms with van der Waals surface area (Å²) in [5, 5.41) is 0. The topological polar surface area (TPSA) is 12.5 Å². The molecule has 0 bridgehead atoms. The minimum atomic E-state index is 0.197. The third-order valence-electron chi connectivity index (χ3n) is 4.10. The molecule has 0 radical (unpaired) electrons. The van der Waals surface area contributed by atoms with E-state index in [1.54, 1.807) is 0 Å². The highest BCUT2D eigenvalue weighted by Gasteiger charge is 2.23. The van der Waals surface area contributed by atoms with E-state index in [0.717, 1.165) is 19.7 Å². The van der Waals surface area contributed by atoms with Gasteiger partial charge >= 0.3 is 0 Å². The molecule has 0 aliphatic carbocycles. The Kier molecular flexibility index (Phi) is 4.43. The summed E-state index contributed by atoms with van der Waals surface area (Å²) in [5.41, 5.74) is 4.47.